The summed E-state index contributed by atoms with van der Waals surface area (Å²) in [7, 11) is 0. The number of ketones is 3. The molecule has 0 heterocycles. The summed E-state index contributed by atoms with van der Waals surface area (Å²) in [5.74, 6) is -4.07. The van der Waals surface area contributed by atoms with Crippen LogP contribution in [0, 0.1) is 39.4 Å². The Morgan fingerprint density at radius 2 is 1.61 bits per heavy atom. The fourth-order valence-corrected chi connectivity index (χ4v) is 9.44. The Morgan fingerprint density at radius 1 is 1.02 bits per heavy atom. The van der Waals surface area contributed by atoms with Gasteiger partial charge in [-0.3, -0.25) is 19.2 Å². The standard InChI is InChI=1S/C32H46O9/c1-16(33)41-27(2,3)11-10-22(37)32(9,40)25-21(36)14-29(6)24-19(34)12-17-18(13-20(35)26(39)28(17,4)5)31(24,8)23(38)15-30(25,29)7/h10-12,18-19,21,24-26,34,36,39-40H,13-15H2,1-9H3/b11-10+/t18-,19+,21-,24+,25+,26-,29+,30-,31-,32+/m1/s1. The van der Waals surface area contributed by atoms with Crippen molar-refractivity contribution in [2.24, 2.45) is 39.4 Å². The molecule has 0 unspecified atom stereocenters. The van der Waals surface area contributed by atoms with Gasteiger partial charge in [0.1, 0.15) is 23.1 Å². The van der Waals surface area contributed by atoms with Gasteiger partial charge >= 0.3 is 5.97 Å². The van der Waals surface area contributed by atoms with E-state index in [-0.39, 0.29) is 30.8 Å². The largest absolute Gasteiger partial charge is 0.456 e. The van der Waals surface area contributed by atoms with Crippen LogP contribution in [-0.2, 0) is 23.9 Å². The summed E-state index contributed by atoms with van der Waals surface area (Å²) in [6, 6.07) is 0. The second-order valence-corrected chi connectivity index (χ2v) is 14.9. The molecule has 10 atom stereocenters. The average molecular weight is 575 g/mol. The van der Waals surface area contributed by atoms with Gasteiger partial charge in [0.2, 0.25) is 0 Å². The summed E-state index contributed by atoms with van der Waals surface area (Å²) >= 11 is 0. The van der Waals surface area contributed by atoms with Gasteiger partial charge in [-0.15, -0.1) is 0 Å². The van der Waals surface area contributed by atoms with Crippen LogP contribution in [0.4, 0.5) is 0 Å². The van der Waals surface area contributed by atoms with E-state index in [2.05, 4.69) is 0 Å². The highest BCUT2D eigenvalue weighted by molar-refractivity contribution is 5.97. The van der Waals surface area contributed by atoms with E-state index in [9.17, 15) is 39.6 Å². The van der Waals surface area contributed by atoms with E-state index in [0.717, 1.165) is 6.08 Å². The maximum absolute atomic E-state index is 14.3. The van der Waals surface area contributed by atoms with Gasteiger partial charge in [-0.05, 0) is 50.2 Å². The molecule has 0 radical (unpaired) electrons. The highest BCUT2D eigenvalue weighted by Crippen LogP contribution is 2.74. The number of aliphatic hydroxyl groups excluding tert-OH is 3. The number of carbonyl (C=O) groups excluding carboxylic acids is 4. The molecule has 0 aromatic rings. The number of fused-ring (bicyclic) bond motifs is 5. The zero-order valence-electron chi connectivity index (χ0n) is 25.6. The molecule has 0 bridgehead atoms. The third kappa shape index (κ3) is 4.33. The molecule has 3 saturated carbocycles. The monoisotopic (exact) mass is 574 g/mol. The van der Waals surface area contributed by atoms with E-state index in [0.29, 0.717) is 5.57 Å². The third-order valence-electron chi connectivity index (χ3n) is 11.5. The first-order valence-electron chi connectivity index (χ1n) is 14.5. The summed E-state index contributed by atoms with van der Waals surface area (Å²) < 4.78 is 5.21. The molecule has 228 valence electrons. The maximum atomic E-state index is 14.3. The van der Waals surface area contributed by atoms with E-state index in [1.54, 1.807) is 47.6 Å². The van der Waals surface area contributed by atoms with Crippen molar-refractivity contribution in [2.45, 2.75) is 111 Å². The molecule has 3 fully saturated rings. The molecular weight excluding hydrogens is 528 g/mol. The van der Waals surface area contributed by atoms with Gasteiger partial charge in [0.05, 0.1) is 12.2 Å². The van der Waals surface area contributed by atoms with Crippen LogP contribution < -0.4 is 0 Å². The van der Waals surface area contributed by atoms with Crippen molar-refractivity contribution in [3.8, 4) is 0 Å². The summed E-state index contributed by atoms with van der Waals surface area (Å²) in [6.07, 6.45) is 0.709. The minimum Gasteiger partial charge on any atom is -0.456 e. The Bertz CT molecular complexity index is 1240. The van der Waals surface area contributed by atoms with Crippen molar-refractivity contribution in [1.29, 1.82) is 0 Å². The van der Waals surface area contributed by atoms with Crippen LogP contribution in [0.5, 0.6) is 0 Å². The number of hydrogen-bond acceptors (Lipinski definition) is 9. The number of rotatable bonds is 5. The lowest BCUT2D eigenvalue weighted by Gasteiger charge is -2.65. The molecule has 0 aromatic heterocycles. The topological polar surface area (TPSA) is 158 Å². The third-order valence-corrected chi connectivity index (χ3v) is 11.5. The highest BCUT2D eigenvalue weighted by Gasteiger charge is 2.76. The van der Waals surface area contributed by atoms with Crippen molar-refractivity contribution in [3.63, 3.8) is 0 Å². The Hall–Kier alpha value is -2.20. The fraction of sp³-hybridized carbons (Fsp3) is 0.750. The lowest BCUT2D eigenvalue weighted by atomic mass is 9.38. The van der Waals surface area contributed by atoms with E-state index >= 15 is 0 Å². The normalized spacial score (nSPS) is 43.5. The first kappa shape index (κ1) is 31.7. The number of hydrogen-bond donors (Lipinski definition) is 4. The molecular formula is C32H46O9. The SMILES string of the molecule is CC(=O)OC(C)(C)/C=C/C(=O)[C@](C)(O)[C@H]1[C@H](O)C[C@@]2(C)[C@@H]3[C@@H](O)C=C4[C@@H](CC(=O)[C@@H](O)C4(C)C)[C@]3(C)C(=O)C[C@]12C. The van der Waals surface area contributed by atoms with Crippen LogP contribution in [-0.4, -0.2) is 73.3 Å². The zero-order chi connectivity index (χ0) is 31.3. The van der Waals surface area contributed by atoms with Crippen LogP contribution in [0.25, 0.3) is 0 Å². The molecule has 9 nitrogen and oxygen atoms in total. The molecule has 4 N–H and O–H groups in total. The molecule has 0 aliphatic heterocycles. The van der Waals surface area contributed by atoms with Crippen LogP contribution >= 0.6 is 0 Å². The second-order valence-electron chi connectivity index (χ2n) is 14.9. The quantitative estimate of drug-likeness (QED) is 0.220. The molecule has 0 spiro atoms. The van der Waals surface area contributed by atoms with Gasteiger partial charge in [0.15, 0.2) is 11.6 Å². The Morgan fingerprint density at radius 3 is 2.17 bits per heavy atom. The maximum Gasteiger partial charge on any atom is 0.303 e. The molecule has 4 aliphatic rings. The number of aliphatic hydroxyl groups is 4. The summed E-state index contributed by atoms with van der Waals surface area (Å²) in [4.78, 5) is 52.2. The lowest BCUT2D eigenvalue weighted by molar-refractivity contribution is -0.195. The highest BCUT2D eigenvalue weighted by atomic mass is 16.6. The van der Waals surface area contributed by atoms with Crippen LogP contribution in [0.1, 0.15) is 81.6 Å². The van der Waals surface area contributed by atoms with Crippen LogP contribution in [0.15, 0.2) is 23.8 Å². The van der Waals surface area contributed by atoms with Crippen molar-refractivity contribution in [1.82, 2.24) is 0 Å². The molecule has 0 amide bonds. The lowest BCUT2D eigenvalue weighted by Crippen LogP contribution is -2.68. The zero-order valence-corrected chi connectivity index (χ0v) is 25.6. The molecule has 41 heavy (non-hydrogen) atoms. The van der Waals surface area contributed by atoms with Crippen molar-refractivity contribution in [3.05, 3.63) is 23.8 Å². The predicted molar refractivity (Wildman–Crippen MR) is 149 cm³/mol. The van der Waals surface area contributed by atoms with E-state index in [1.165, 1.54) is 19.9 Å². The molecule has 4 rings (SSSR count). The van der Waals surface area contributed by atoms with Gasteiger partial charge in [-0.25, -0.2) is 0 Å². The van der Waals surface area contributed by atoms with Gasteiger partial charge in [-0.2, -0.15) is 0 Å². The minimum atomic E-state index is -2.09. The Balaban J connectivity index is 1.79. The molecule has 9 heteroatoms. The van der Waals surface area contributed by atoms with Crippen molar-refractivity contribution >= 4 is 23.3 Å². The predicted octanol–water partition coefficient (Wildman–Crippen LogP) is 2.47. The van der Waals surface area contributed by atoms with Gasteiger partial charge in [-0.1, -0.05) is 46.3 Å². The van der Waals surface area contributed by atoms with Gasteiger partial charge in [0.25, 0.3) is 0 Å². The smallest absolute Gasteiger partial charge is 0.303 e. The van der Waals surface area contributed by atoms with E-state index < -0.39 is 80.7 Å². The minimum absolute atomic E-state index is 0.0280. The summed E-state index contributed by atoms with van der Waals surface area (Å²) in [5, 5.41) is 45.7. The van der Waals surface area contributed by atoms with Crippen LogP contribution in [0.3, 0.4) is 0 Å². The average Bonchev–Trinajstić information content (AvgIpc) is 3.01. The van der Waals surface area contributed by atoms with E-state index in [1.807, 2.05) is 6.92 Å². The summed E-state index contributed by atoms with van der Waals surface area (Å²) in [5.41, 5.74) is -6.63. The molecule has 0 saturated heterocycles. The second kappa shape index (κ2) is 9.40. The van der Waals surface area contributed by atoms with Gasteiger partial charge in [0, 0.05) is 48.3 Å². The van der Waals surface area contributed by atoms with E-state index in [4.69, 9.17) is 4.74 Å². The molecule has 4 aliphatic carbocycles. The first-order chi connectivity index (χ1) is 18.5. The first-order valence-corrected chi connectivity index (χ1v) is 14.5. The molecule has 0 aromatic carbocycles. The number of carbonyl (C=O) groups is 4. The summed E-state index contributed by atoms with van der Waals surface area (Å²) in [6.45, 7) is 14.8. The van der Waals surface area contributed by atoms with Crippen molar-refractivity contribution in [2.75, 3.05) is 0 Å². The van der Waals surface area contributed by atoms with Crippen molar-refractivity contribution < 1.29 is 44.3 Å². The fourth-order valence-electron chi connectivity index (χ4n) is 9.44. The van der Waals surface area contributed by atoms with Gasteiger partial charge < -0.3 is 25.2 Å². The Labute approximate surface area is 242 Å². The van der Waals surface area contributed by atoms with Crippen LogP contribution in [0.2, 0.25) is 0 Å². The number of Topliss-reactive ketones (excluding diaryl/α,β-unsaturated/α-hetero) is 2. The number of ether oxygens (including phenoxy) is 1. The number of esters is 1. The Kier molecular flexibility index (Phi) is 7.27.